The lowest BCUT2D eigenvalue weighted by Gasteiger charge is -2.23. The summed E-state index contributed by atoms with van der Waals surface area (Å²) in [6.07, 6.45) is 0.501. The van der Waals surface area contributed by atoms with Gasteiger partial charge in [0.15, 0.2) is 17.0 Å². The molecule has 2 aliphatic rings. The molecular formula is C29H27ClN6O3. The van der Waals surface area contributed by atoms with Crippen LogP contribution >= 0.6 is 11.6 Å². The first-order valence-electron chi connectivity index (χ1n) is 12.8. The minimum Gasteiger partial charge on any atom is -0.389 e. The highest BCUT2D eigenvalue weighted by atomic mass is 35.5. The Hall–Kier alpha value is -3.97. The van der Waals surface area contributed by atoms with Crippen LogP contribution in [-0.4, -0.2) is 61.4 Å². The van der Waals surface area contributed by atoms with Gasteiger partial charge in [0.25, 0.3) is 0 Å². The van der Waals surface area contributed by atoms with E-state index in [1.807, 2.05) is 36.4 Å². The van der Waals surface area contributed by atoms with Crippen LogP contribution in [0.4, 0.5) is 5.82 Å². The second kappa shape index (κ2) is 9.97. The number of benzene rings is 2. The van der Waals surface area contributed by atoms with Gasteiger partial charge < -0.3 is 25.4 Å². The third-order valence-electron chi connectivity index (χ3n) is 7.80. The number of nitrogens with one attached hydrogen (secondary N) is 2. The molecule has 6 rings (SSSR count). The second-order valence-electron chi connectivity index (χ2n) is 9.97. The SMILES string of the molecule is CNC(=O)[C@@]12C[C@@H]1[C@@H](n1cnc3c(NCCc4ccccc4)nc(C#Cc4ccccc4Cl)nc31)[C@H](O)[C@@H]2O. The van der Waals surface area contributed by atoms with Crippen molar-refractivity contribution in [2.75, 3.05) is 18.9 Å². The molecule has 10 heteroatoms. The molecule has 2 aromatic heterocycles. The Morgan fingerprint density at radius 3 is 2.67 bits per heavy atom. The third-order valence-corrected chi connectivity index (χ3v) is 8.13. The summed E-state index contributed by atoms with van der Waals surface area (Å²) in [5.74, 6) is 6.31. The number of aromatic nitrogens is 4. The summed E-state index contributed by atoms with van der Waals surface area (Å²) in [4.78, 5) is 26.5. The predicted molar refractivity (Wildman–Crippen MR) is 147 cm³/mol. The number of nitrogens with zero attached hydrogens (tertiary/aromatic N) is 4. The van der Waals surface area contributed by atoms with Crippen LogP contribution in [0.5, 0.6) is 0 Å². The fourth-order valence-corrected chi connectivity index (χ4v) is 5.94. The van der Waals surface area contributed by atoms with Crippen molar-refractivity contribution >= 4 is 34.5 Å². The number of hydrogen-bond acceptors (Lipinski definition) is 7. The van der Waals surface area contributed by atoms with Crippen LogP contribution in [0, 0.1) is 23.2 Å². The van der Waals surface area contributed by atoms with Gasteiger partial charge in [-0.15, -0.1) is 0 Å². The topological polar surface area (TPSA) is 125 Å². The van der Waals surface area contributed by atoms with Crippen LogP contribution in [0.1, 0.15) is 29.4 Å². The van der Waals surface area contributed by atoms with E-state index in [0.717, 1.165) is 6.42 Å². The standard InChI is InChI=1S/C29H27ClN6O3/c1-31-28(39)29-15-19(29)23(24(37)25(29)38)36-16-33-22-26(32-14-13-17-7-3-2-4-8-17)34-21(35-27(22)36)12-11-18-9-5-6-10-20(18)30/h2-10,16,19,23-25,37-38H,13-15H2,1H3,(H,31,39)(H,32,34,35)/t19-,23-,24+,25+,29+/m1/s1. The van der Waals surface area contributed by atoms with Gasteiger partial charge in [-0.1, -0.05) is 60.0 Å². The van der Waals surface area contributed by atoms with Gasteiger partial charge in [0.1, 0.15) is 6.10 Å². The molecule has 2 aromatic carbocycles. The van der Waals surface area contributed by atoms with E-state index in [4.69, 9.17) is 16.6 Å². The highest BCUT2D eigenvalue weighted by molar-refractivity contribution is 6.31. The summed E-state index contributed by atoms with van der Waals surface area (Å²) < 4.78 is 1.75. The number of carbonyl (C=O) groups excluding carboxylic acids is 1. The van der Waals surface area contributed by atoms with Crippen LogP contribution in [0.25, 0.3) is 11.2 Å². The zero-order chi connectivity index (χ0) is 27.1. The molecule has 0 unspecified atom stereocenters. The van der Waals surface area contributed by atoms with E-state index < -0.39 is 23.7 Å². The molecule has 4 N–H and O–H groups in total. The van der Waals surface area contributed by atoms with Crippen LogP contribution < -0.4 is 10.6 Å². The molecule has 5 atom stereocenters. The van der Waals surface area contributed by atoms with Crippen LogP contribution in [-0.2, 0) is 11.2 Å². The highest BCUT2D eigenvalue weighted by Crippen LogP contribution is 2.67. The first-order chi connectivity index (χ1) is 18.9. The number of rotatable bonds is 6. The van der Waals surface area contributed by atoms with Crippen molar-refractivity contribution in [3.8, 4) is 11.8 Å². The number of imidazole rings is 1. The van der Waals surface area contributed by atoms with Gasteiger partial charge >= 0.3 is 0 Å². The van der Waals surface area contributed by atoms with Gasteiger partial charge in [0, 0.05) is 25.1 Å². The molecule has 0 radical (unpaired) electrons. The highest BCUT2D eigenvalue weighted by Gasteiger charge is 2.75. The lowest BCUT2D eigenvalue weighted by atomic mass is 9.98. The van der Waals surface area contributed by atoms with Crippen LogP contribution in [0.3, 0.4) is 0 Å². The zero-order valence-corrected chi connectivity index (χ0v) is 21.9. The van der Waals surface area contributed by atoms with E-state index in [0.29, 0.717) is 40.5 Å². The molecule has 39 heavy (non-hydrogen) atoms. The summed E-state index contributed by atoms with van der Waals surface area (Å²) in [7, 11) is 1.54. The van der Waals surface area contributed by atoms with E-state index in [2.05, 4.69) is 44.6 Å². The van der Waals surface area contributed by atoms with Gasteiger partial charge in [0.2, 0.25) is 11.7 Å². The summed E-state index contributed by atoms with van der Waals surface area (Å²) in [5, 5.41) is 28.4. The lowest BCUT2D eigenvalue weighted by molar-refractivity contribution is -0.132. The number of aliphatic hydroxyl groups is 2. The summed E-state index contributed by atoms with van der Waals surface area (Å²) >= 11 is 6.28. The summed E-state index contributed by atoms with van der Waals surface area (Å²) in [5.41, 5.74) is 1.81. The molecule has 0 saturated heterocycles. The Balaban J connectivity index is 1.38. The summed E-state index contributed by atoms with van der Waals surface area (Å²) in [6, 6.07) is 16.8. The molecule has 2 heterocycles. The molecule has 2 aliphatic carbocycles. The first-order valence-corrected chi connectivity index (χ1v) is 13.2. The van der Waals surface area contributed by atoms with Crippen molar-refractivity contribution in [3.05, 3.63) is 82.9 Å². The number of fused-ring (bicyclic) bond motifs is 2. The Morgan fingerprint density at radius 2 is 1.90 bits per heavy atom. The average molecular weight is 543 g/mol. The molecule has 0 spiro atoms. The minimum atomic E-state index is -1.19. The number of amides is 1. The monoisotopic (exact) mass is 542 g/mol. The van der Waals surface area contributed by atoms with Gasteiger partial charge in [-0.3, -0.25) is 4.79 Å². The van der Waals surface area contributed by atoms with Crippen molar-refractivity contribution < 1.29 is 15.0 Å². The summed E-state index contributed by atoms with van der Waals surface area (Å²) in [6.45, 7) is 0.605. The number of anilines is 1. The number of hydrogen-bond donors (Lipinski definition) is 4. The van der Waals surface area contributed by atoms with E-state index >= 15 is 0 Å². The Bertz CT molecular complexity index is 1610. The quantitative estimate of drug-likeness (QED) is 0.276. The fourth-order valence-electron chi connectivity index (χ4n) is 5.76. The molecule has 4 aromatic rings. The van der Waals surface area contributed by atoms with E-state index in [-0.39, 0.29) is 17.6 Å². The minimum absolute atomic E-state index is 0.248. The number of carbonyl (C=O) groups is 1. The molecule has 0 bridgehead atoms. The second-order valence-corrected chi connectivity index (χ2v) is 10.4. The molecule has 1 amide bonds. The molecule has 2 fully saturated rings. The van der Waals surface area contributed by atoms with Crippen molar-refractivity contribution in [2.24, 2.45) is 11.3 Å². The lowest BCUT2D eigenvalue weighted by Crippen LogP contribution is -2.41. The van der Waals surface area contributed by atoms with Crippen molar-refractivity contribution in [3.63, 3.8) is 0 Å². The molecule has 9 nitrogen and oxygen atoms in total. The van der Waals surface area contributed by atoms with Gasteiger partial charge in [-0.2, -0.15) is 0 Å². The maximum atomic E-state index is 12.6. The third kappa shape index (κ3) is 4.31. The van der Waals surface area contributed by atoms with Crippen LogP contribution in [0.2, 0.25) is 5.02 Å². The van der Waals surface area contributed by atoms with Crippen molar-refractivity contribution in [1.29, 1.82) is 0 Å². The normalized spacial score (nSPS) is 25.0. The van der Waals surface area contributed by atoms with Gasteiger partial charge in [-0.05, 0) is 36.5 Å². The largest absolute Gasteiger partial charge is 0.389 e. The van der Waals surface area contributed by atoms with Crippen molar-refractivity contribution in [1.82, 2.24) is 24.8 Å². The van der Waals surface area contributed by atoms with Gasteiger partial charge in [-0.25, -0.2) is 15.0 Å². The maximum Gasteiger partial charge on any atom is 0.229 e. The Kier molecular flexibility index (Phi) is 6.47. The first kappa shape index (κ1) is 25.3. The molecule has 2 saturated carbocycles. The number of halogens is 1. The maximum absolute atomic E-state index is 12.6. The Labute approximate surface area is 230 Å². The smallest absolute Gasteiger partial charge is 0.229 e. The zero-order valence-electron chi connectivity index (χ0n) is 21.2. The molecule has 0 aliphatic heterocycles. The fraction of sp³-hybridized carbons (Fsp3) is 0.310. The predicted octanol–water partition coefficient (Wildman–Crippen LogP) is 2.56. The Morgan fingerprint density at radius 1 is 1.13 bits per heavy atom. The van der Waals surface area contributed by atoms with E-state index in [1.165, 1.54) is 12.6 Å². The average Bonchev–Trinajstić information content (AvgIpc) is 3.49. The number of aliphatic hydroxyl groups excluding tert-OH is 2. The van der Waals surface area contributed by atoms with Gasteiger partial charge in [0.05, 0.1) is 28.9 Å². The van der Waals surface area contributed by atoms with E-state index in [9.17, 15) is 15.0 Å². The molecular weight excluding hydrogens is 516 g/mol. The van der Waals surface area contributed by atoms with Crippen LogP contribution in [0.15, 0.2) is 60.9 Å². The molecule has 198 valence electrons. The van der Waals surface area contributed by atoms with Crippen molar-refractivity contribution in [2.45, 2.75) is 31.1 Å². The van der Waals surface area contributed by atoms with E-state index in [1.54, 1.807) is 17.0 Å².